The second-order valence-corrected chi connectivity index (χ2v) is 7.81. The second-order valence-electron chi connectivity index (χ2n) is 7.81. The minimum absolute atomic E-state index is 0.151. The molecule has 2 N–H and O–H groups in total. The summed E-state index contributed by atoms with van der Waals surface area (Å²) in [7, 11) is 0. The summed E-state index contributed by atoms with van der Waals surface area (Å²) in [6, 6.07) is 12.9. The Kier molecular flexibility index (Phi) is 12.4. The average molecular weight is 491 g/mol. The molecule has 0 aliphatic heterocycles. The van der Waals surface area contributed by atoms with Gasteiger partial charge >= 0.3 is 12.0 Å². The molecule has 8 nitrogen and oxygen atoms in total. The maximum absolute atomic E-state index is 12.9. The van der Waals surface area contributed by atoms with Gasteiger partial charge in [0.15, 0.2) is 6.10 Å². The molecule has 1 atom stereocenters. The molecule has 2 aromatic carbocycles. The average Bonchev–Trinajstić information content (AvgIpc) is 2.84. The van der Waals surface area contributed by atoms with Gasteiger partial charge in [-0.05, 0) is 68.7 Å². The first-order valence-corrected chi connectivity index (χ1v) is 11.9. The lowest BCUT2D eigenvalue weighted by Gasteiger charge is -2.23. The number of carboxylic acids is 1. The van der Waals surface area contributed by atoms with Crippen molar-refractivity contribution in [3.05, 3.63) is 59.9 Å². The fourth-order valence-electron chi connectivity index (χ4n) is 3.33. The number of nitrogens with zero attached hydrogens (tertiary/aromatic N) is 1. The van der Waals surface area contributed by atoms with E-state index in [1.807, 2.05) is 19.1 Å². The molecule has 0 aromatic heterocycles. The summed E-state index contributed by atoms with van der Waals surface area (Å²) in [5, 5.41) is 12.0. The third kappa shape index (κ3) is 10.6. The van der Waals surface area contributed by atoms with Crippen LogP contribution in [0.25, 0.3) is 0 Å². The van der Waals surface area contributed by atoms with Gasteiger partial charge in [-0.1, -0.05) is 12.1 Å². The van der Waals surface area contributed by atoms with Gasteiger partial charge in [-0.2, -0.15) is 0 Å². The molecule has 0 radical (unpaired) electrons. The number of hydrogen-bond donors (Lipinski definition) is 2. The maximum atomic E-state index is 12.9. The van der Waals surface area contributed by atoms with Crippen LogP contribution in [-0.4, -0.2) is 67.6 Å². The Hall–Kier alpha value is -3.33. The van der Waals surface area contributed by atoms with Crippen LogP contribution in [0, 0.1) is 5.82 Å². The Morgan fingerprint density at radius 1 is 0.943 bits per heavy atom. The molecular formula is C26H35FN2O6. The number of carbonyl (C=O) groups excluding carboxylic acids is 1. The molecule has 0 aliphatic carbocycles. The van der Waals surface area contributed by atoms with Gasteiger partial charge in [-0.3, -0.25) is 0 Å². The van der Waals surface area contributed by atoms with Crippen molar-refractivity contribution >= 4 is 12.0 Å². The lowest BCUT2D eigenvalue weighted by Crippen LogP contribution is -2.42. The van der Waals surface area contributed by atoms with E-state index in [0.29, 0.717) is 51.0 Å². The molecule has 0 spiro atoms. The number of ether oxygens (including phenoxy) is 3. The Morgan fingerprint density at radius 3 is 2.17 bits per heavy atom. The molecule has 0 fully saturated rings. The standard InChI is InChI=1S/C26H35FN2O6/c1-3-28-26(32)29(15-5-6-17-34-23-13-9-21(27)10-14-23)16-18-35-22-11-7-20(8-12-22)19-24(25(30)31)33-4-2/h7-14,24H,3-6,15-19H2,1-2H3,(H,28,32)(H,30,31). The molecule has 0 bridgehead atoms. The van der Waals surface area contributed by atoms with Gasteiger partial charge < -0.3 is 29.5 Å². The van der Waals surface area contributed by atoms with Crippen LogP contribution in [0.3, 0.4) is 0 Å². The zero-order valence-electron chi connectivity index (χ0n) is 20.4. The van der Waals surface area contributed by atoms with Crippen LogP contribution in [0.4, 0.5) is 9.18 Å². The van der Waals surface area contributed by atoms with Crippen LogP contribution in [0.1, 0.15) is 32.3 Å². The summed E-state index contributed by atoms with van der Waals surface area (Å²) < 4.78 is 29.6. The highest BCUT2D eigenvalue weighted by Crippen LogP contribution is 2.15. The monoisotopic (exact) mass is 490 g/mol. The van der Waals surface area contributed by atoms with Crippen molar-refractivity contribution in [2.24, 2.45) is 0 Å². The van der Waals surface area contributed by atoms with E-state index < -0.39 is 12.1 Å². The molecule has 2 rings (SSSR count). The van der Waals surface area contributed by atoms with E-state index in [1.54, 1.807) is 36.1 Å². The van der Waals surface area contributed by atoms with E-state index in [4.69, 9.17) is 14.2 Å². The summed E-state index contributed by atoms with van der Waals surface area (Å²) >= 11 is 0. The van der Waals surface area contributed by atoms with E-state index in [1.165, 1.54) is 12.1 Å². The third-order valence-electron chi connectivity index (χ3n) is 5.14. The highest BCUT2D eigenvalue weighted by atomic mass is 19.1. The molecule has 2 aromatic rings. The van der Waals surface area contributed by atoms with E-state index in [9.17, 15) is 19.1 Å². The van der Waals surface area contributed by atoms with Crippen LogP contribution in [0.5, 0.6) is 11.5 Å². The predicted molar refractivity (Wildman–Crippen MR) is 130 cm³/mol. The first-order chi connectivity index (χ1) is 16.9. The van der Waals surface area contributed by atoms with Gasteiger partial charge in [0.2, 0.25) is 0 Å². The smallest absolute Gasteiger partial charge is 0.333 e. The number of aliphatic carboxylic acids is 1. The highest BCUT2D eigenvalue weighted by molar-refractivity contribution is 5.74. The molecule has 35 heavy (non-hydrogen) atoms. The van der Waals surface area contributed by atoms with Gasteiger partial charge in [0.05, 0.1) is 13.2 Å². The summed E-state index contributed by atoms with van der Waals surface area (Å²) in [5.74, 6) is -0.0375. The first-order valence-electron chi connectivity index (χ1n) is 11.9. The summed E-state index contributed by atoms with van der Waals surface area (Å²) in [6.07, 6.45) is 0.893. The number of benzene rings is 2. The van der Waals surface area contributed by atoms with Gasteiger partial charge in [-0.25, -0.2) is 14.0 Å². The molecule has 9 heteroatoms. The van der Waals surface area contributed by atoms with Crippen molar-refractivity contribution in [2.75, 3.05) is 39.5 Å². The molecule has 2 amide bonds. The topological polar surface area (TPSA) is 97.3 Å². The van der Waals surface area contributed by atoms with Crippen molar-refractivity contribution in [2.45, 2.75) is 39.2 Å². The van der Waals surface area contributed by atoms with Gasteiger partial charge in [0.1, 0.15) is 23.9 Å². The van der Waals surface area contributed by atoms with E-state index in [2.05, 4.69) is 5.32 Å². The quantitative estimate of drug-likeness (QED) is 0.344. The second kappa shape index (κ2) is 15.5. The number of carbonyl (C=O) groups is 2. The van der Waals surface area contributed by atoms with Gasteiger partial charge in [-0.15, -0.1) is 0 Å². The highest BCUT2D eigenvalue weighted by Gasteiger charge is 2.18. The SMILES string of the molecule is CCNC(=O)N(CCCCOc1ccc(F)cc1)CCOc1ccc(CC(OCC)C(=O)O)cc1. The minimum atomic E-state index is -0.986. The lowest BCUT2D eigenvalue weighted by molar-refractivity contribution is -0.149. The van der Waals surface area contributed by atoms with Crippen LogP contribution in [-0.2, 0) is 16.0 Å². The van der Waals surface area contributed by atoms with E-state index >= 15 is 0 Å². The number of amides is 2. The Morgan fingerprint density at radius 2 is 1.57 bits per heavy atom. The third-order valence-corrected chi connectivity index (χ3v) is 5.14. The van der Waals surface area contributed by atoms with Crippen molar-refractivity contribution in [3.8, 4) is 11.5 Å². The minimum Gasteiger partial charge on any atom is -0.494 e. The Labute approximate surface area is 206 Å². The van der Waals surface area contributed by atoms with Crippen molar-refractivity contribution in [1.29, 1.82) is 0 Å². The largest absolute Gasteiger partial charge is 0.494 e. The number of rotatable bonds is 16. The van der Waals surface area contributed by atoms with Crippen molar-refractivity contribution in [3.63, 3.8) is 0 Å². The number of unbranched alkanes of at least 4 members (excludes halogenated alkanes) is 1. The molecule has 0 heterocycles. The predicted octanol–water partition coefficient (Wildman–Crippen LogP) is 4.13. The Bertz CT molecular complexity index is 892. The fraction of sp³-hybridized carbons (Fsp3) is 0.462. The fourth-order valence-corrected chi connectivity index (χ4v) is 3.33. The number of urea groups is 1. The zero-order valence-corrected chi connectivity index (χ0v) is 20.4. The van der Waals surface area contributed by atoms with Crippen LogP contribution >= 0.6 is 0 Å². The van der Waals surface area contributed by atoms with Gasteiger partial charge in [0, 0.05) is 26.1 Å². The van der Waals surface area contributed by atoms with Crippen molar-refractivity contribution < 1.29 is 33.3 Å². The molecular weight excluding hydrogens is 455 g/mol. The molecule has 1 unspecified atom stereocenters. The summed E-state index contributed by atoms with van der Waals surface area (Å²) in [6.45, 7) is 6.26. The number of halogens is 1. The first kappa shape index (κ1) is 27.9. The van der Waals surface area contributed by atoms with Crippen LogP contribution < -0.4 is 14.8 Å². The zero-order chi connectivity index (χ0) is 25.5. The number of nitrogens with one attached hydrogen (secondary N) is 1. The maximum Gasteiger partial charge on any atom is 0.333 e. The van der Waals surface area contributed by atoms with Crippen LogP contribution in [0.2, 0.25) is 0 Å². The van der Waals surface area contributed by atoms with E-state index in [0.717, 1.165) is 18.4 Å². The summed E-state index contributed by atoms with van der Waals surface area (Å²) in [4.78, 5) is 25.3. The molecule has 192 valence electrons. The Balaban J connectivity index is 1.76. The number of carboxylic acid groups (broad SMARTS) is 1. The summed E-state index contributed by atoms with van der Waals surface area (Å²) in [5.41, 5.74) is 0.838. The van der Waals surface area contributed by atoms with E-state index in [-0.39, 0.29) is 18.3 Å². The number of hydrogen-bond acceptors (Lipinski definition) is 5. The van der Waals surface area contributed by atoms with Crippen molar-refractivity contribution in [1.82, 2.24) is 10.2 Å². The molecule has 0 saturated heterocycles. The molecule has 0 saturated carbocycles. The normalized spacial score (nSPS) is 11.5. The molecule has 0 aliphatic rings. The van der Waals surface area contributed by atoms with Crippen LogP contribution in [0.15, 0.2) is 48.5 Å². The van der Waals surface area contributed by atoms with Gasteiger partial charge in [0.25, 0.3) is 0 Å². The lowest BCUT2D eigenvalue weighted by atomic mass is 10.1.